The van der Waals surface area contributed by atoms with Gasteiger partial charge in [-0.25, -0.2) is 0 Å². The molecule has 0 atom stereocenters. The largest absolute Gasteiger partial charge is 0.489 e. The van der Waals surface area contributed by atoms with Gasteiger partial charge in [-0.05, 0) is 31.0 Å². The van der Waals surface area contributed by atoms with Crippen molar-refractivity contribution in [2.24, 2.45) is 0 Å². The summed E-state index contributed by atoms with van der Waals surface area (Å²) in [6.45, 7) is 1.92. The molecule has 2 aromatic carbocycles. The summed E-state index contributed by atoms with van der Waals surface area (Å²) in [4.78, 5) is 15.1. The van der Waals surface area contributed by atoms with E-state index < -0.39 is 0 Å². The summed E-state index contributed by atoms with van der Waals surface area (Å²) in [5, 5.41) is 0.946. The van der Waals surface area contributed by atoms with E-state index in [1.165, 1.54) is 12.8 Å². The van der Waals surface area contributed by atoms with Gasteiger partial charge in [0.05, 0.1) is 0 Å². The van der Waals surface area contributed by atoms with Gasteiger partial charge in [0, 0.05) is 24.0 Å². The van der Waals surface area contributed by atoms with Crippen LogP contribution in [0, 0.1) is 0 Å². The number of carbonyl (C=O) groups is 1. The average Bonchev–Trinajstić information content (AvgIpc) is 2.85. The van der Waals surface area contributed by atoms with Gasteiger partial charge in [-0.1, -0.05) is 49.2 Å². The number of nitrogens with zero attached hydrogens (tertiary/aromatic N) is 1. The van der Waals surface area contributed by atoms with Crippen molar-refractivity contribution in [3.63, 3.8) is 0 Å². The van der Waals surface area contributed by atoms with Gasteiger partial charge in [-0.3, -0.25) is 4.79 Å². The summed E-state index contributed by atoms with van der Waals surface area (Å²) in [6.07, 6.45) is 4.49. The number of furan rings is 1. The van der Waals surface area contributed by atoms with Crippen LogP contribution in [0.25, 0.3) is 11.0 Å². The quantitative estimate of drug-likeness (QED) is 0.663. The molecule has 26 heavy (non-hydrogen) atoms. The van der Waals surface area contributed by atoms with E-state index in [0.717, 1.165) is 48.2 Å². The van der Waals surface area contributed by atoms with E-state index in [2.05, 4.69) is 0 Å². The molecule has 0 aliphatic carbocycles. The Morgan fingerprint density at radius 2 is 1.62 bits per heavy atom. The highest BCUT2D eigenvalue weighted by molar-refractivity contribution is 5.99. The first-order chi connectivity index (χ1) is 12.8. The monoisotopic (exact) mass is 349 g/mol. The maximum absolute atomic E-state index is 13.1. The third kappa shape index (κ3) is 3.45. The topological polar surface area (TPSA) is 42.7 Å². The van der Waals surface area contributed by atoms with Crippen molar-refractivity contribution in [2.45, 2.75) is 32.3 Å². The molecule has 1 aliphatic heterocycles. The van der Waals surface area contributed by atoms with Gasteiger partial charge in [0.15, 0.2) is 5.76 Å². The highest BCUT2D eigenvalue weighted by atomic mass is 16.5. The van der Waals surface area contributed by atoms with Crippen LogP contribution < -0.4 is 4.74 Å². The van der Waals surface area contributed by atoms with E-state index in [-0.39, 0.29) is 5.91 Å². The SMILES string of the molecule is O=C(c1oc2ccccc2c1COc1ccccc1)N1CCCCCC1. The first-order valence-electron chi connectivity index (χ1n) is 9.30. The Kier molecular flexibility index (Phi) is 4.91. The smallest absolute Gasteiger partial charge is 0.290 e. The van der Waals surface area contributed by atoms with E-state index in [4.69, 9.17) is 9.15 Å². The van der Waals surface area contributed by atoms with Crippen LogP contribution in [-0.4, -0.2) is 23.9 Å². The predicted molar refractivity (Wildman–Crippen MR) is 101 cm³/mol. The van der Waals surface area contributed by atoms with Crippen molar-refractivity contribution >= 4 is 16.9 Å². The summed E-state index contributed by atoms with van der Waals surface area (Å²) in [5.74, 6) is 1.18. The molecule has 0 bridgehead atoms. The van der Waals surface area contributed by atoms with Gasteiger partial charge in [0.25, 0.3) is 5.91 Å². The second-order valence-electron chi connectivity index (χ2n) is 6.71. The number of benzene rings is 2. The lowest BCUT2D eigenvalue weighted by Gasteiger charge is -2.19. The Morgan fingerprint density at radius 1 is 0.923 bits per heavy atom. The van der Waals surface area contributed by atoms with Crippen molar-refractivity contribution in [1.82, 2.24) is 4.90 Å². The molecule has 4 heteroatoms. The highest BCUT2D eigenvalue weighted by Gasteiger charge is 2.26. The zero-order valence-corrected chi connectivity index (χ0v) is 14.8. The summed E-state index contributed by atoms with van der Waals surface area (Å²) < 4.78 is 11.9. The minimum absolute atomic E-state index is 0.0187. The summed E-state index contributed by atoms with van der Waals surface area (Å²) in [5.41, 5.74) is 1.57. The fraction of sp³-hybridized carbons (Fsp3) is 0.318. The molecule has 0 spiro atoms. The van der Waals surface area contributed by atoms with Crippen LogP contribution in [0.1, 0.15) is 41.8 Å². The Hall–Kier alpha value is -2.75. The maximum atomic E-state index is 13.1. The van der Waals surface area contributed by atoms with Gasteiger partial charge < -0.3 is 14.1 Å². The van der Waals surface area contributed by atoms with Crippen LogP contribution in [0.2, 0.25) is 0 Å². The molecular weight excluding hydrogens is 326 g/mol. The normalized spacial score (nSPS) is 15.0. The predicted octanol–water partition coefficient (Wildman–Crippen LogP) is 5.03. The zero-order valence-electron chi connectivity index (χ0n) is 14.8. The van der Waals surface area contributed by atoms with E-state index in [1.807, 2.05) is 59.5 Å². The third-order valence-corrected chi connectivity index (χ3v) is 4.91. The van der Waals surface area contributed by atoms with Crippen molar-refractivity contribution in [3.05, 3.63) is 65.9 Å². The zero-order chi connectivity index (χ0) is 17.8. The minimum atomic E-state index is -0.0187. The van der Waals surface area contributed by atoms with Crippen LogP contribution in [0.4, 0.5) is 0 Å². The van der Waals surface area contributed by atoms with Crippen LogP contribution in [0.5, 0.6) is 5.75 Å². The number of para-hydroxylation sites is 2. The molecule has 1 aliphatic rings. The highest BCUT2D eigenvalue weighted by Crippen LogP contribution is 2.29. The molecule has 0 radical (unpaired) electrons. The number of carbonyl (C=O) groups excluding carboxylic acids is 1. The van der Waals surface area contributed by atoms with Crippen molar-refractivity contribution in [1.29, 1.82) is 0 Å². The van der Waals surface area contributed by atoms with Crippen molar-refractivity contribution < 1.29 is 13.9 Å². The van der Waals surface area contributed by atoms with Crippen molar-refractivity contribution in [2.75, 3.05) is 13.1 Å². The first kappa shape index (κ1) is 16.7. The number of ether oxygens (including phenoxy) is 1. The Labute approximate surface area is 153 Å². The molecule has 2 heterocycles. The summed E-state index contributed by atoms with van der Waals surface area (Å²) >= 11 is 0. The third-order valence-electron chi connectivity index (χ3n) is 4.91. The van der Waals surface area contributed by atoms with Gasteiger partial charge in [-0.15, -0.1) is 0 Å². The minimum Gasteiger partial charge on any atom is -0.489 e. The van der Waals surface area contributed by atoms with E-state index in [1.54, 1.807) is 0 Å². The molecule has 4 rings (SSSR count). The van der Waals surface area contributed by atoms with Gasteiger partial charge in [0.2, 0.25) is 0 Å². The van der Waals surface area contributed by atoms with Crippen LogP contribution in [0.15, 0.2) is 59.0 Å². The Morgan fingerprint density at radius 3 is 2.38 bits per heavy atom. The van der Waals surface area contributed by atoms with Crippen LogP contribution >= 0.6 is 0 Å². The van der Waals surface area contributed by atoms with Crippen LogP contribution in [0.3, 0.4) is 0 Å². The maximum Gasteiger partial charge on any atom is 0.290 e. The van der Waals surface area contributed by atoms with E-state index >= 15 is 0 Å². The molecule has 0 saturated carbocycles. The van der Waals surface area contributed by atoms with Gasteiger partial charge in [-0.2, -0.15) is 0 Å². The van der Waals surface area contributed by atoms with Crippen molar-refractivity contribution in [3.8, 4) is 5.75 Å². The second-order valence-corrected chi connectivity index (χ2v) is 6.71. The summed E-state index contributed by atoms with van der Waals surface area (Å²) in [7, 11) is 0. The second kappa shape index (κ2) is 7.65. The molecule has 1 aromatic heterocycles. The van der Waals surface area contributed by atoms with Gasteiger partial charge >= 0.3 is 0 Å². The lowest BCUT2D eigenvalue weighted by Crippen LogP contribution is -2.32. The lowest BCUT2D eigenvalue weighted by molar-refractivity contribution is 0.0728. The number of hydrogen-bond donors (Lipinski definition) is 0. The molecule has 0 N–H and O–H groups in total. The number of fused-ring (bicyclic) bond motifs is 1. The lowest BCUT2D eigenvalue weighted by atomic mass is 10.1. The Balaban J connectivity index is 1.65. The molecule has 1 saturated heterocycles. The van der Waals surface area contributed by atoms with Gasteiger partial charge in [0.1, 0.15) is 17.9 Å². The average molecular weight is 349 g/mol. The van der Waals surface area contributed by atoms with E-state index in [0.29, 0.717) is 12.4 Å². The van der Waals surface area contributed by atoms with Crippen LogP contribution in [-0.2, 0) is 6.61 Å². The molecule has 3 aromatic rings. The van der Waals surface area contributed by atoms with E-state index in [9.17, 15) is 4.79 Å². The fourth-order valence-electron chi connectivity index (χ4n) is 3.50. The molecule has 4 nitrogen and oxygen atoms in total. The number of rotatable bonds is 4. The number of amides is 1. The Bertz CT molecular complexity index is 877. The molecule has 1 fully saturated rings. The first-order valence-corrected chi connectivity index (χ1v) is 9.30. The number of hydrogen-bond acceptors (Lipinski definition) is 3. The molecule has 134 valence electrons. The molecular formula is C22H23NO3. The molecule has 1 amide bonds. The number of likely N-dealkylation sites (tertiary alicyclic amines) is 1. The fourth-order valence-corrected chi connectivity index (χ4v) is 3.50. The standard InChI is InChI=1S/C22H23NO3/c24-22(23-14-8-1-2-9-15-23)21-19(16-25-17-10-4-3-5-11-17)18-12-6-7-13-20(18)26-21/h3-7,10-13H,1-2,8-9,14-16H2. The summed E-state index contributed by atoms with van der Waals surface area (Å²) in [6, 6.07) is 17.4. The molecule has 0 unspecified atom stereocenters.